The van der Waals surface area contributed by atoms with Crippen LogP contribution in [0.5, 0.6) is 0 Å². The molecule has 3 aromatic rings. The van der Waals surface area contributed by atoms with Gasteiger partial charge in [-0.2, -0.15) is 0 Å². The zero-order valence-corrected chi connectivity index (χ0v) is 15.3. The summed E-state index contributed by atoms with van der Waals surface area (Å²) in [5, 5.41) is 3.66. The summed E-state index contributed by atoms with van der Waals surface area (Å²) in [4.78, 5) is 29.6. The SMILES string of the molecule is CCOC(=O)c1ccc(NC(=O)c2nc(C)sc2-c2ccccc2)cc1. The Labute approximate surface area is 155 Å². The third kappa shape index (κ3) is 3.97. The quantitative estimate of drug-likeness (QED) is 0.673. The Bertz CT molecular complexity index is 918. The number of carbonyl (C=O) groups excluding carboxylic acids is 2. The van der Waals surface area contributed by atoms with Crippen molar-refractivity contribution in [3.63, 3.8) is 0 Å². The number of anilines is 1. The van der Waals surface area contributed by atoms with Gasteiger partial charge in [-0.05, 0) is 43.7 Å². The molecule has 1 N–H and O–H groups in total. The van der Waals surface area contributed by atoms with Crippen molar-refractivity contribution in [2.24, 2.45) is 0 Å². The zero-order valence-electron chi connectivity index (χ0n) is 14.5. The Kier molecular flexibility index (Phi) is 5.43. The number of hydrogen-bond acceptors (Lipinski definition) is 5. The molecule has 132 valence electrons. The molecule has 3 rings (SSSR count). The van der Waals surface area contributed by atoms with Gasteiger partial charge in [0.25, 0.3) is 5.91 Å². The summed E-state index contributed by atoms with van der Waals surface area (Å²) < 4.78 is 4.95. The van der Waals surface area contributed by atoms with Crippen molar-refractivity contribution in [3.05, 3.63) is 70.9 Å². The van der Waals surface area contributed by atoms with E-state index in [0.717, 1.165) is 15.4 Å². The molecule has 0 bridgehead atoms. The Morgan fingerprint density at radius 3 is 2.42 bits per heavy atom. The molecule has 1 aromatic heterocycles. The molecule has 2 aromatic carbocycles. The fraction of sp³-hybridized carbons (Fsp3) is 0.150. The van der Waals surface area contributed by atoms with Gasteiger partial charge in [-0.25, -0.2) is 9.78 Å². The first kappa shape index (κ1) is 17.8. The highest BCUT2D eigenvalue weighted by molar-refractivity contribution is 7.15. The van der Waals surface area contributed by atoms with Crippen LogP contribution in [-0.2, 0) is 4.74 Å². The lowest BCUT2D eigenvalue weighted by Crippen LogP contribution is -2.13. The highest BCUT2D eigenvalue weighted by Gasteiger charge is 2.18. The molecular weight excluding hydrogens is 348 g/mol. The maximum Gasteiger partial charge on any atom is 0.338 e. The molecule has 1 amide bonds. The van der Waals surface area contributed by atoms with E-state index in [4.69, 9.17) is 4.74 Å². The fourth-order valence-electron chi connectivity index (χ4n) is 2.46. The van der Waals surface area contributed by atoms with E-state index in [2.05, 4.69) is 10.3 Å². The Morgan fingerprint density at radius 1 is 1.08 bits per heavy atom. The fourth-order valence-corrected chi connectivity index (χ4v) is 3.38. The minimum absolute atomic E-state index is 0.280. The smallest absolute Gasteiger partial charge is 0.338 e. The number of aromatic nitrogens is 1. The van der Waals surface area contributed by atoms with Crippen molar-refractivity contribution < 1.29 is 14.3 Å². The van der Waals surface area contributed by atoms with Crippen LogP contribution in [0.4, 0.5) is 5.69 Å². The average Bonchev–Trinajstić information content (AvgIpc) is 3.05. The number of amides is 1. The number of thiazole rings is 1. The first-order valence-electron chi connectivity index (χ1n) is 8.20. The monoisotopic (exact) mass is 366 g/mol. The molecule has 0 fully saturated rings. The van der Waals surface area contributed by atoms with Crippen molar-refractivity contribution >= 4 is 28.9 Å². The molecule has 0 saturated heterocycles. The van der Waals surface area contributed by atoms with Gasteiger partial charge in [-0.15, -0.1) is 11.3 Å². The van der Waals surface area contributed by atoms with Crippen molar-refractivity contribution in [2.45, 2.75) is 13.8 Å². The molecule has 0 saturated carbocycles. The molecule has 0 atom stereocenters. The Hall–Kier alpha value is -2.99. The number of benzene rings is 2. The first-order chi connectivity index (χ1) is 12.6. The third-order valence-electron chi connectivity index (χ3n) is 3.64. The number of hydrogen-bond donors (Lipinski definition) is 1. The predicted octanol–water partition coefficient (Wildman–Crippen LogP) is 4.55. The van der Waals surface area contributed by atoms with Crippen LogP contribution in [0.2, 0.25) is 0 Å². The molecule has 6 heteroatoms. The number of ether oxygens (including phenoxy) is 1. The van der Waals surface area contributed by atoms with Gasteiger partial charge in [-0.1, -0.05) is 30.3 Å². The standard InChI is InChI=1S/C20H18N2O3S/c1-3-25-20(24)15-9-11-16(12-10-15)22-19(23)17-18(26-13(2)21-17)14-7-5-4-6-8-14/h4-12H,3H2,1-2H3,(H,22,23). The molecular formula is C20H18N2O3S. The minimum Gasteiger partial charge on any atom is -0.462 e. The number of nitrogens with one attached hydrogen (secondary N) is 1. The van der Waals surface area contributed by atoms with Crippen molar-refractivity contribution in [1.82, 2.24) is 4.98 Å². The maximum atomic E-state index is 12.7. The molecule has 0 spiro atoms. The van der Waals surface area contributed by atoms with E-state index >= 15 is 0 Å². The van der Waals surface area contributed by atoms with Crippen molar-refractivity contribution in [3.8, 4) is 10.4 Å². The molecule has 26 heavy (non-hydrogen) atoms. The van der Waals surface area contributed by atoms with Gasteiger partial charge in [0.1, 0.15) is 5.69 Å². The van der Waals surface area contributed by atoms with E-state index in [1.54, 1.807) is 31.2 Å². The van der Waals surface area contributed by atoms with E-state index in [-0.39, 0.29) is 11.9 Å². The van der Waals surface area contributed by atoms with Crippen LogP contribution in [0.3, 0.4) is 0 Å². The van der Waals surface area contributed by atoms with E-state index in [1.807, 2.05) is 37.3 Å². The van der Waals surface area contributed by atoms with Gasteiger partial charge >= 0.3 is 5.97 Å². The molecule has 0 aliphatic heterocycles. The van der Waals surface area contributed by atoms with Gasteiger partial charge in [0.05, 0.1) is 22.1 Å². The highest BCUT2D eigenvalue weighted by atomic mass is 32.1. The summed E-state index contributed by atoms with van der Waals surface area (Å²) >= 11 is 1.49. The van der Waals surface area contributed by atoms with Crippen LogP contribution in [-0.4, -0.2) is 23.5 Å². The Balaban J connectivity index is 1.80. The molecule has 5 nitrogen and oxygen atoms in total. The predicted molar refractivity (Wildman–Crippen MR) is 103 cm³/mol. The van der Waals surface area contributed by atoms with Crippen LogP contribution >= 0.6 is 11.3 Å². The normalized spacial score (nSPS) is 10.4. The van der Waals surface area contributed by atoms with Gasteiger partial charge in [-0.3, -0.25) is 4.79 Å². The minimum atomic E-state index is -0.383. The first-order valence-corrected chi connectivity index (χ1v) is 9.01. The molecule has 1 heterocycles. The lowest BCUT2D eigenvalue weighted by molar-refractivity contribution is 0.0526. The largest absolute Gasteiger partial charge is 0.462 e. The second-order valence-corrected chi connectivity index (χ2v) is 6.73. The van der Waals surface area contributed by atoms with Crippen LogP contribution in [0.15, 0.2) is 54.6 Å². The number of rotatable bonds is 5. The molecule has 0 radical (unpaired) electrons. The lowest BCUT2D eigenvalue weighted by Gasteiger charge is -2.07. The van der Waals surface area contributed by atoms with E-state index < -0.39 is 0 Å². The zero-order chi connectivity index (χ0) is 18.5. The summed E-state index contributed by atoms with van der Waals surface area (Å²) in [7, 11) is 0. The third-order valence-corrected chi connectivity index (χ3v) is 4.66. The second kappa shape index (κ2) is 7.93. The summed E-state index contributed by atoms with van der Waals surface area (Å²) in [6, 6.07) is 16.3. The van der Waals surface area contributed by atoms with Crippen LogP contribution in [0.1, 0.15) is 32.8 Å². The Morgan fingerprint density at radius 2 is 1.77 bits per heavy atom. The topological polar surface area (TPSA) is 68.3 Å². The lowest BCUT2D eigenvalue weighted by atomic mass is 10.1. The summed E-state index contributed by atoms with van der Waals surface area (Å²) in [5.41, 5.74) is 2.39. The molecule has 0 aliphatic carbocycles. The number of esters is 1. The summed E-state index contributed by atoms with van der Waals surface area (Å²) in [6.07, 6.45) is 0. The van der Waals surface area contributed by atoms with Gasteiger partial charge < -0.3 is 10.1 Å². The van der Waals surface area contributed by atoms with Crippen LogP contribution in [0, 0.1) is 6.92 Å². The van der Waals surface area contributed by atoms with E-state index in [9.17, 15) is 9.59 Å². The van der Waals surface area contributed by atoms with Crippen LogP contribution in [0.25, 0.3) is 10.4 Å². The number of nitrogens with zero attached hydrogens (tertiary/aromatic N) is 1. The highest BCUT2D eigenvalue weighted by Crippen LogP contribution is 2.30. The summed E-state index contributed by atoms with van der Waals surface area (Å²) in [6.45, 7) is 3.96. The van der Waals surface area contributed by atoms with Gasteiger partial charge in [0.15, 0.2) is 0 Å². The second-order valence-electron chi connectivity index (χ2n) is 5.53. The maximum absolute atomic E-state index is 12.7. The van der Waals surface area contributed by atoms with Gasteiger partial charge in [0, 0.05) is 5.69 Å². The average molecular weight is 366 g/mol. The molecule has 0 aliphatic rings. The number of carbonyl (C=O) groups is 2. The van der Waals surface area contributed by atoms with E-state index in [0.29, 0.717) is 23.6 Å². The summed E-state index contributed by atoms with van der Waals surface area (Å²) in [5.74, 6) is -0.663. The van der Waals surface area contributed by atoms with Crippen molar-refractivity contribution in [1.29, 1.82) is 0 Å². The van der Waals surface area contributed by atoms with Crippen molar-refractivity contribution in [2.75, 3.05) is 11.9 Å². The van der Waals surface area contributed by atoms with Crippen LogP contribution < -0.4 is 5.32 Å². The molecule has 0 unspecified atom stereocenters. The van der Waals surface area contributed by atoms with Gasteiger partial charge in [0.2, 0.25) is 0 Å². The number of aryl methyl sites for hydroxylation is 1. The van der Waals surface area contributed by atoms with E-state index in [1.165, 1.54) is 11.3 Å².